The van der Waals surface area contributed by atoms with Gasteiger partial charge in [-0.3, -0.25) is 4.79 Å². The lowest BCUT2D eigenvalue weighted by molar-refractivity contribution is -0.131. The van der Waals surface area contributed by atoms with E-state index in [2.05, 4.69) is 0 Å². The van der Waals surface area contributed by atoms with E-state index in [4.69, 9.17) is 10.5 Å². The molecule has 0 bridgehead atoms. The van der Waals surface area contributed by atoms with E-state index in [1.807, 2.05) is 35.2 Å². The van der Waals surface area contributed by atoms with E-state index in [0.717, 1.165) is 31.7 Å². The first-order chi connectivity index (χ1) is 9.26. The molecule has 2 atom stereocenters. The third-order valence-electron chi connectivity index (χ3n) is 3.74. The Balaban J connectivity index is 0.00000200. The minimum atomic E-state index is -0.220. The average Bonchev–Trinajstić information content (AvgIpc) is 2.90. The van der Waals surface area contributed by atoms with Crippen molar-refractivity contribution in [1.29, 1.82) is 0 Å². The third kappa shape index (κ3) is 3.95. The molecular formula is C15H23ClN2O2. The second-order valence-corrected chi connectivity index (χ2v) is 5.09. The van der Waals surface area contributed by atoms with E-state index in [1.165, 1.54) is 0 Å². The molecule has 5 heteroatoms. The van der Waals surface area contributed by atoms with Crippen LogP contribution in [0.15, 0.2) is 30.3 Å². The van der Waals surface area contributed by atoms with Gasteiger partial charge in [-0.2, -0.15) is 0 Å². The van der Waals surface area contributed by atoms with E-state index < -0.39 is 0 Å². The maximum absolute atomic E-state index is 12.5. The van der Waals surface area contributed by atoms with Crippen LogP contribution in [0.3, 0.4) is 0 Å². The lowest BCUT2D eigenvalue weighted by Gasteiger charge is -2.23. The summed E-state index contributed by atoms with van der Waals surface area (Å²) in [5, 5.41) is 0. The van der Waals surface area contributed by atoms with Crippen molar-refractivity contribution in [3.8, 4) is 0 Å². The van der Waals surface area contributed by atoms with Crippen molar-refractivity contribution in [3.05, 3.63) is 35.9 Å². The SMILES string of the molecule is COCC1CCN(C(=O)C(CN)c2ccccc2)C1.Cl. The first-order valence-corrected chi connectivity index (χ1v) is 6.79. The van der Waals surface area contributed by atoms with Crippen molar-refractivity contribution in [3.63, 3.8) is 0 Å². The van der Waals surface area contributed by atoms with Crippen molar-refractivity contribution in [2.24, 2.45) is 11.7 Å². The summed E-state index contributed by atoms with van der Waals surface area (Å²) in [5.74, 6) is 0.387. The number of nitrogens with two attached hydrogens (primary N) is 1. The fourth-order valence-corrected chi connectivity index (χ4v) is 2.69. The molecule has 1 fully saturated rings. The summed E-state index contributed by atoms with van der Waals surface area (Å²) in [6, 6.07) is 9.79. The standard InChI is InChI=1S/C15H22N2O2.ClH/c1-19-11-12-7-8-17(10-12)15(18)14(9-16)13-5-3-2-4-6-13;/h2-6,12,14H,7-11,16H2,1H3;1H. The summed E-state index contributed by atoms with van der Waals surface area (Å²) < 4.78 is 5.16. The summed E-state index contributed by atoms with van der Waals surface area (Å²) >= 11 is 0. The highest BCUT2D eigenvalue weighted by molar-refractivity contribution is 5.85. The maximum atomic E-state index is 12.5. The fourth-order valence-electron chi connectivity index (χ4n) is 2.69. The molecule has 0 spiro atoms. The molecule has 2 unspecified atom stereocenters. The number of ether oxygens (including phenoxy) is 1. The summed E-state index contributed by atoms with van der Waals surface area (Å²) in [5.41, 5.74) is 6.80. The van der Waals surface area contributed by atoms with Gasteiger partial charge in [-0.15, -0.1) is 12.4 Å². The molecule has 1 heterocycles. The van der Waals surface area contributed by atoms with Crippen LogP contribution in [0, 0.1) is 5.92 Å². The topological polar surface area (TPSA) is 55.6 Å². The molecule has 1 amide bonds. The molecule has 0 aliphatic carbocycles. The predicted octanol–water partition coefficient (Wildman–Crippen LogP) is 1.65. The van der Waals surface area contributed by atoms with Crippen LogP contribution in [0.4, 0.5) is 0 Å². The molecule has 1 saturated heterocycles. The highest BCUT2D eigenvalue weighted by Gasteiger charge is 2.30. The minimum Gasteiger partial charge on any atom is -0.384 e. The lowest BCUT2D eigenvalue weighted by Crippen LogP contribution is -2.36. The van der Waals surface area contributed by atoms with Crippen LogP contribution >= 0.6 is 12.4 Å². The Morgan fingerprint density at radius 2 is 2.15 bits per heavy atom. The number of benzene rings is 1. The number of nitrogens with zero attached hydrogens (tertiary/aromatic N) is 1. The zero-order valence-electron chi connectivity index (χ0n) is 11.8. The van der Waals surface area contributed by atoms with E-state index in [9.17, 15) is 4.79 Å². The number of hydrogen-bond donors (Lipinski definition) is 1. The van der Waals surface area contributed by atoms with E-state index in [0.29, 0.717) is 12.5 Å². The number of methoxy groups -OCH3 is 1. The molecule has 1 aromatic rings. The summed E-state index contributed by atoms with van der Waals surface area (Å²) in [6.07, 6.45) is 1.02. The smallest absolute Gasteiger partial charge is 0.231 e. The van der Waals surface area contributed by atoms with Crippen LogP contribution in [0.5, 0.6) is 0 Å². The Morgan fingerprint density at radius 3 is 2.75 bits per heavy atom. The second-order valence-electron chi connectivity index (χ2n) is 5.09. The molecule has 0 aromatic heterocycles. The zero-order chi connectivity index (χ0) is 13.7. The quantitative estimate of drug-likeness (QED) is 0.899. The van der Waals surface area contributed by atoms with Gasteiger partial charge in [-0.25, -0.2) is 0 Å². The number of hydrogen-bond acceptors (Lipinski definition) is 3. The number of halogens is 1. The van der Waals surface area contributed by atoms with Gasteiger partial charge in [-0.1, -0.05) is 30.3 Å². The van der Waals surface area contributed by atoms with Crippen LogP contribution in [0.2, 0.25) is 0 Å². The Bertz CT molecular complexity index is 414. The summed E-state index contributed by atoms with van der Waals surface area (Å²) in [7, 11) is 1.71. The molecule has 4 nitrogen and oxygen atoms in total. The Hall–Kier alpha value is -1.10. The van der Waals surface area contributed by atoms with E-state index in [1.54, 1.807) is 7.11 Å². The lowest BCUT2D eigenvalue weighted by atomic mass is 9.98. The second kappa shape index (κ2) is 8.25. The zero-order valence-corrected chi connectivity index (χ0v) is 12.6. The van der Waals surface area contributed by atoms with Crippen LogP contribution in [-0.2, 0) is 9.53 Å². The van der Waals surface area contributed by atoms with Crippen LogP contribution in [0.1, 0.15) is 17.9 Å². The number of likely N-dealkylation sites (tertiary alicyclic amines) is 1. The van der Waals surface area contributed by atoms with Gasteiger partial charge in [-0.05, 0) is 12.0 Å². The molecule has 112 valence electrons. The molecular weight excluding hydrogens is 276 g/mol. The molecule has 1 aromatic carbocycles. The highest BCUT2D eigenvalue weighted by Crippen LogP contribution is 2.23. The number of carbonyl (C=O) groups excluding carboxylic acids is 1. The van der Waals surface area contributed by atoms with Crippen molar-refractivity contribution in [2.45, 2.75) is 12.3 Å². The van der Waals surface area contributed by atoms with Gasteiger partial charge in [0.1, 0.15) is 0 Å². The van der Waals surface area contributed by atoms with Crippen molar-refractivity contribution in [2.75, 3.05) is 33.4 Å². The van der Waals surface area contributed by atoms with Gasteiger partial charge in [0.2, 0.25) is 5.91 Å². The van der Waals surface area contributed by atoms with Gasteiger partial charge in [0.15, 0.2) is 0 Å². The number of amides is 1. The Morgan fingerprint density at radius 1 is 1.45 bits per heavy atom. The highest BCUT2D eigenvalue weighted by atomic mass is 35.5. The molecule has 2 N–H and O–H groups in total. The summed E-state index contributed by atoms with van der Waals surface area (Å²) in [4.78, 5) is 14.5. The molecule has 0 saturated carbocycles. The van der Waals surface area contributed by atoms with Gasteiger partial charge in [0, 0.05) is 32.7 Å². The molecule has 1 aliphatic heterocycles. The number of rotatable bonds is 5. The Labute approximate surface area is 126 Å². The Kier molecular flexibility index (Phi) is 6.99. The first-order valence-electron chi connectivity index (χ1n) is 6.79. The first kappa shape index (κ1) is 17.0. The van der Waals surface area contributed by atoms with Crippen LogP contribution in [0.25, 0.3) is 0 Å². The van der Waals surface area contributed by atoms with Crippen molar-refractivity contribution in [1.82, 2.24) is 4.90 Å². The largest absolute Gasteiger partial charge is 0.384 e. The van der Waals surface area contributed by atoms with Gasteiger partial charge >= 0.3 is 0 Å². The van der Waals surface area contributed by atoms with E-state index in [-0.39, 0.29) is 24.2 Å². The minimum absolute atomic E-state index is 0. The monoisotopic (exact) mass is 298 g/mol. The molecule has 0 radical (unpaired) electrons. The normalized spacial score (nSPS) is 19.5. The molecule has 1 aliphatic rings. The molecule has 2 rings (SSSR count). The number of carbonyl (C=O) groups is 1. The van der Waals surface area contributed by atoms with Crippen LogP contribution in [-0.4, -0.2) is 44.2 Å². The average molecular weight is 299 g/mol. The van der Waals surface area contributed by atoms with Gasteiger partial charge < -0.3 is 15.4 Å². The predicted molar refractivity (Wildman–Crippen MR) is 82.0 cm³/mol. The van der Waals surface area contributed by atoms with Crippen molar-refractivity contribution < 1.29 is 9.53 Å². The third-order valence-corrected chi connectivity index (χ3v) is 3.74. The molecule has 20 heavy (non-hydrogen) atoms. The van der Waals surface area contributed by atoms with Crippen molar-refractivity contribution >= 4 is 18.3 Å². The fraction of sp³-hybridized carbons (Fsp3) is 0.533. The van der Waals surface area contributed by atoms with E-state index >= 15 is 0 Å². The van der Waals surface area contributed by atoms with Gasteiger partial charge in [0.25, 0.3) is 0 Å². The summed E-state index contributed by atoms with van der Waals surface area (Å²) in [6.45, 7) is 2.68. The van der Waals surface area contributed by atoms with Crippen LogP contribution < -0.4 is 5.73 Å². The van der Waals surface area contributed by atoms with Gasteiger partial charge in [0.05, 0.1) is 12.5 Å². The maximum Gasteiger partial charge on any atom is 0.231 e.